The topological polar surface area (TPSA) is 111 Å². The summed E-state index contributed by atoms with van der Waals surface area (Å²) in [4.78, 5) is 40.4. The number of ether oxygens (including phenoxy) is 4. The summed E-state index contributed by atoms with van der Waals surface area (Å²) in [6, 6.07) is 41.6. The van der Waals surface area contributed by atoms with Crippen molar-refractivity contribution in [2.45, 2.75) is 24.5 Å². The van der Waals surface area contributed by atoms with Crippen molar-refractivity contribution in [2.75, 3.05) is 6.61 Å². The summed E-state index contributed by atoms with van der Waals surface area (Å²) in [7, 11) is 0. The van der Waals surface area contributed by atoms with E-state index in [9.17, 15) is 14.4 Å². The van der Waals surface area contributed by atoms with Gasteiger partial charge in [0.25, 0.3) is 0 Å². The normalized spacial score (nSPS) is 18.0. The second-order valence-corrected chi connectivity index (χ2v) is 12.5. The first-order valence-electron chi connectivity index (χ1n) is 16.3. The van der Waals surface area contributed by atoms with E-state index in [-0.39, 0.29) is 22.5 Å². The average Bonchev–Trinajstić information content (AvgIpc) is 3.71. The lowest BCUT2D eigenvalue weighted by Gasteiger charge is -2.24. The Morgan fingerprint density at radius 3 is 1.67 bits per heavy atom. The molecular weight excluding hydrogens is 702 g/mol. The Labute approximate surface area is 308 Å². The van der Waals surface area contributed by atoms with Crippen molar-refractivity contribution < 1.29 is 33.3 Å². The van der Waals surface area contributed by atoms with Crippen molar-refractivity contribution in [3.63, 3.8) is 0 Å². The van der Waals surface area contributed by atoms with Gasteiger partial charge in [0, 0.05) is 16.3 Å². The summed E-state index contributed by atoms with van der Waals surface area (Å²) in [5.41, 5.74) is 2.23. The zero-order valence-corrected chi connectivity index (χ0v) is 28.9. The number of aromatic nitrogens is 3. The van der Waals surface area contributed by atoms with Gasteiger partial charge in [-0.15, -0.1) is 5.10 Å². The van der Waals surface area contributed by atoms with Crippen LogP contribution in [0.1, 0.15) is 37.3 Å². The number of carbonyl (C=O) groups is 3. The molecule has 1 saturated heterocycles. The van der Waals surface area contributed by atoms with Crippen LogP contribution in [0.5, 0.6) is 0 Å². The maximum atomic E-state index is 13.7. The second kappa shape index (κ2) is 15.6. The molecule has 52 heavy (non-hydrogen) atoms. The molecule has 0 aliphatic carbocycles. The number of nitrogens with zero attached hydrogens (tertiary/aromatic N) is 3. The van der Waals surface area contributed by atoms with E-state index in [1.165, 1.54) is 4.68 Å². The van der Waals surface area contributed by atoms with E-state index in [4.69, 9.17) is 47.9 Å². The second-order valence-electron chi connectivity index (χ2n) is 11.7. The third kappa shape index (κ3) is 7.42. The standard InChI is InChI=1S/C40H30ClN3O7S/c41-30-23-21-26(22-24-30)35-42-44(40(52)43(35)31-19-11-4-12-20-31)36-34(51-39(47)29-17-9-3-10-18-29)33(50-38(46)28-15-7-2-8-16-28)32(49-36)25-48-37(45)27-13-5-1-6-14-27/h1-24,32-34,36H,25H2/t32-,33-,34-,36-/m1/s1. The van der Waals surface area contributed by atoms with Crippen LogP contribution in [0.2, 0.25) is 5.02 Å². The number of hydrogen-bond donors (Lipinski definition) is 0. The SMILES string of the molecule is O=C(OC[C@H]1O[C@@H](n2nc(-c3ccc(Cl)cc3)n(-c3ccccc3)c2=S)[C@H](OC(=O)c2ccccc2)[C@@H]1OC(=O)c1ccccc1)c1ccccc1. The average molecular weight is 732 g/mol. The fourth-order valence-electron chi connectivity index (χ4n) is 5.80. The minimum atomic E-state index is -1.30. The van der Waals surface area contributed by atoms with E-state index in [0.717, 1.165) is 0 Å². The van der Waals surface area contributed by atoms with Crippen LogP contribution in [-0.4, -0.2) is 57.2 Å². The molecule has 1 aliphatic rings. The minimum absolute atomic E-state index is 0.192. The number of rotatable bonds is 10. The molecule has 2 heterocycles. The van der Waals surface area contributed by atoms with Gasteiger partial charge in [-0.3, -0.25) is 4.57 Å². The van der Waals surface area contributed by atoms with Crippen LogP contribution >= 0.6 is 23.8 Å². The summed E-state index contributed by atoms with van der Waals surface area (Å²) >= 11 is 12.3. The molecule has 0 saturated carbocycles. The Balaban J connectivity index is 1.33. The van der Waals surface area contributed by atoms with Crippen LogP contribution in [-0.2, 0) is 18.9 Å². The molecule has 0 spiro atoms. The zero-order chi connectivity index (χ0) is 36.0. The van der Waals surface area contributed by atoms with Crippen molar-refractivity contribution >= 4 is 41.7 Å². The van der Waals surface area contributed by atoms with E-state index in [1.807, 2.05) is 42.5 Å². The number of esters is 3. The summed E-state index contributed by atoms with van der Waals surface area (Å²) in [5.74, 6) is -1.57. The van der Waals surface area contributed by atoms with Gasteiger partial charge in [0.15, 0.2) is 24.3 Å². The lowest BCUT2D eigenvalue weighted by atomic mass is 10.1. The maximum Gasteiger partial charge on any atom is 0.338 e. The van der Waals surface area contributed by atoms with E-state index >= 15 is 0 Å². The van der Waals surface area contributed by atoms with Crippen LogP contribution in [0.3, 0.4) is 0 Å². The fraction of sp³-hybridized carbons (Fsp3) is 0.125. The van der Waals surface area contributed by atoms with E-state index < -0.39 is 42.4 Å². The molecule has 0 N–H and O–H groups in total. The molecule has 0 amide bonds. The van der Waals surface area contributed by atoms with Crippen molar-refractivity contribution in [2.24, 2.45) is 0 Å². The molecule has 260 valence electrons. The first-order valence-corrected chi connectivity index (χ1v) is 17.1. The van der Waals surface area contributed by atoms with Crippen LogP contribution in [0, 0.1) is 4.77 Å². The lowest BCUT2D eigenvalue weighted by Crippen LogP contribution is -2.41. The largest absolute Gasteiger partial charge is 0.459 e. The van der Waals surface area contributed by atoms with Crippen LogP contribution < -0.4 is 0 Å². The van der Waals surface area contributed by atoms with E-state index in [0.29, 0.717) is 27.7 Å². The van der Waals surface area contributed by atoms with Gasteiger partial charge in [-0.25, -0.2) is 19.1 Å². The summed E-state index contributed by atoms with van der Waals surface area (Å²) in [6.45, 7) is -0.354. The third-order valence-corrected chi connectivity index (χ3v) is 8.96. The van der Waals surface area contributed by atoms with Crippen molar-refractivity contribution in [1.29, 1.82) is 0 Å². The van der Waals surface area contributed by atoms with Gasteiger partial charge in [0.05, 0.1) is 16.7 Å². The number of carbonyl (C=O) groups excluding carboxylic acids is 3. The molecule has 12 heteroatoms. The van der Waals surface area contributed by atoms with Gasteiger partial charge in [0.1, 0.15) is 12.7 Å². The first-order chi connectivity index (χ1) is 25.4. The Hall–Kier alpha value is -5.88. The molecular formula is C40H30ClN3O7S. The highest BCUT2D eigenvalue weighted by atomic mass is 35.5. The molecule has 1 fully saturated rings. The highest BCUT2D eigenvalue weighted by Gasteiger charge is 2.52. The highest BCUT2D eigenvalue weighted by Crippen LogP contribution is 2.37. The monoisotopic (exact) mass is 731 g/mol. The molecule has 0 radical (unpaired) electrons. The predicted octanol–water partition coefficient (Wildman–Crippen LogP) is 7.93. The molecule has 10 nitrogen and oxygen atoms in total. The zero-order valence-electron chi connectivity index (χ0n) is 27.4. The lowest BCUT2D eigenvalue weighted by molar-refractivity contribution is -0.0679. The summed E-state index contributed by atoms with van der Waals surface area (Å²) in [6.07, 6.45) is -4.91. The Bertz CT molecular complexity index is 2230. The van der Waals surface area contributed by atoms with Crippen LogP contribution in [0.4, 0.5) is 0 Å². The maximum absolute atomic E-state index is 13.7. The van der Waals surface area contributed by atoms with Crippen molar-refractivity contribution in [1.82, 2.24) is 14.3 Å². The Morgan fingerprint density at radius 2 is 1.13 bits per heavy atom. The number of para-hydroxylation sites is 1. The molecule has 1 aliphatic heterocycles. The van der Waals surface area contributed by atoms with Gasteiger partial charge in [-0.05, 0) is 85.0 Å². The quantitative estimate of drug-likeness (QED) is 0.0788. The third-order valence-electron chi connectivity index (χ3n) is 8.34. The molecule has 4 atom stereocenters. The van der Waals surface area contributed by atoms with E-state index in [2.05, 4.69) is 0 Å². The van der Waals surface area contributed by atoms with Gasteiger partial charge < -0.3 is 18.9 Å². The Kier molecular flexibility index (Phi) is 10.3. The van der Waals surface area contributed by atoms with E-state index in [1.54, 1.807) is 108 Å². The Morgan fingerprint density at radius 1 is 0.654 bits per heavy atom. The molecule has 5 aromatic carbocycles. The fourth-order valence-corrected chi connectivity index (χ4v) is 6.26. The van der Waals surface area contributed by atoms with Crippen molar-refractivity contribution in [3.05, 3.63) is 172 Å². The smallest absolute Gasteiger partial charge is 0.338 e. The molecule has 0 bridgehead atoms. The van der Waals surface area contributed by atoms with Crippen LogP contribution in [0.25, 0.3) is 17.1 Å². The number of hydrogen-bond acceptors (Lipinski definition) is 9. The van der Waals surface area contributed by atoms with Gasteiger partial charge >= 0.3 is 17.9 Å². The highest BCUT2D eigenvalue weighted by molar-refractivity contribution is 7.71. The first kappa shape index (κ1) is 34.6. The van der Waals surface area contributed by atoms with Crippen molar-refractivity contribution in [3.8, 4) is 17.1 Å². The molecule has 6 aromatic rings. The van der Waals surface area contributed by atoms with Gasteiger partial charge in [-0.2, -0.15) is 0 Å². The molecule has 1 aromatic heterocycles. The minimum Gasteiger partial charge on any atom is -0.459 e. The molecule has 0 unspecified atom stereocenters. The summed E-state index contributed by atoms with van der Waals surface area (Å²) in [5, 5.41) is 5.45. The molecule has 7 rings (SSSR count). The number of halogens is 1. The number of benzene rings is 5. The van der Waals surface area contributed by atoms with Gasteiger partial charge in [0.2, 0.25) is 4.77 Å². The van der Waals surface area contributed by atoms with Crippen LogP contribution in [0.15, 0.2) is 146 Å². The predicted molar refractivity (Wildman–Crippen MR) is 195 cm³/mol. The van der Waals surface area contributed by atoms with Gasteiger partial charge in [-0.1, -0.05) is 84.4 Å². The summed E-state index contributed by atoms with van der Waals surface area (Å²) < 4.78 is 27.8.